The van der Waals surface area contributed by atoms with Crippen molar-refractivity contribution in [2.24, 2.45) is 0 Å². The number of aromatic nitrogens is 4. The summed E-state index contributed by atoms with van der Waals surface area (Å²) in [4.78, 5) is 1.90. The molecule has 0 atom stereocenters. The zero-order valence-corrected chi connectivity index (χ0v) is 15.6. The Hall–Kier alpha value is -2.74. The van der Waals surface area contributed by atoms with Gasteiger partial charge < -0.3 is 10.2 Å². The Balaban J connectivity index is 1.57. The molecule has 6 nitrogen and oxygen atoms in total. The Morgan fingerprint density at radius 3 is 2.65 bits per heavy atom. The van der Waals surface area contributed by atoms with E-state index in [-0.39, 0.29) is 5.82 Å². The third-order valence-electron chi connectivity index (χ3n) is 3.93. The minimum absolute atomic E-state index is 0.237. The Morgan fingerprint density at radius 1 is 1.15 bits per heavy atom. The molecule has 1 aromatic carbocycles. The molecular weight excluding hydrogens is 351 g/mol. The summed E-state index contributed by atoms with van der Waals surface area (Å²) in [5.74, 6) is 0.386. The number of thiocarbonyl (C=S) groups is 1. The first-order valence-corrected chi connectivity index (χ1v) is 8.77. The predicted molar refractivity (Wildman–Crippen MR) is 103 cm³/mol. The van der Waals surface area contributed by atoms with Crippen LogP contribution in [0.2, 0.25) is 0 Å². The lowest BCUT2D eigenvalue weighted by Gasteiger charge is -2.19. The smallest absolute Gasteiger partial charge is 0.174 e. The van der Waals surface area contributed by atoms with E-state index in [4.69, 9.17) is 12.2 Å². The zero-order chi connectivity index (χ0) is 18.5. The molecule has 0 spiro atoms. The van der Waals surface area contributed by atoms with E-state index in [0.717, 1.165) is 12.2 Å². The summed E-state index contributed by atoms with van der Waals surface area (Å²) in [6.45, 7) is 3.86. The Bertz CT molecular complexity index is 887. The van der Waals surface area contributed by atoms with Gasteiger partial charge in [0.1, 0.15) is 5.82 Å². The highest BCUT2D eigenvalue weighted by Crippen LogP contribution is 2.11. The summed E-state index contributed by atoms with van der Waals surface area (Å²) in [6, 6.07) is 10.5. The number of rotatable bonds is 6. The van der Waals surface area contributed by atoms with Gasteiger partial charge in [-0.05, 0) is 31.3 Å². The van der Waals surface area contributed by atoms with Crippen LogP contribution in [0.25, 0.3) is 0 Å². The second-order valence-electron chi connectivity index (χ2n) is 5.94. The van der Waals surface area contributed by atoms with Gasteiger partial charge in [-0.2, -0.15) is 10.2 Å². The molecule has 0 aliphatic heterocycles. The third-order valence-corrected chi connectivity index (χ3v) is 4.35. The van der Waals surface area contributed by atoms with Crippen LogP contribution in [0.5, 0.6) is 0 Å². The van der Waals surface area contributed by atoms with E-state index in [1.54, 1.807) is 23.0 Å². The quantitative estimate of drug-likeness (QED) is 0.674. The van der Waals surface area contributed by atoms with Crippen molar-refractivity contribution in [1.29, 1.82) is 0 Å². The first-order valence-electron chi connectivity index (χ1n) is 8.36. The number of aryl methyl sites for hydroxylation is 1. The number of nitrogens with zero attached hydrogens (tertiary/aromatic N) is 5. The fourth-order valence-electron chi connectivity index (χ4n) is 2.50. The summed E-state index contributed by atoms with van der Waals surface area (Å²) in [6.07, 6.45) is 3.74. The van der Waals surface area contributed by atoms with E-state index in [1.807, 2.05) is 47.9 Å². The van der Waals surface area contributed by atoms with Gasteiger partial charge in [0.05, 0.1) is 18.8 Å². The largest absolute Gasteiger partial charge is 0.346 e. The standard InChI is InChI=1S/C18H21FN6S/c1-3-24-10-8-15(21-24)13-23(2)18(26)20-17-9-11-25(22-17)12-14-6-4-5-7-16(14)19/h4-11H,3,12-13H2,1-2H3,(H,20,22,26). The van der Waals surface area contributed by atoms with Crippen LogP contribution < -0.4 is 5.32 Å². The van der Waals surface area contributed by atoms with Gasteiger partial charge in [0.15, 0.2) is 10.9 Å². The van der Waals surface area contributed by atoms with Gasteiger partial charge in [-0.25, -0.2) is 4.39 Å². The van der Waals surface area contributed by atoms with Gasteiger partial charge in [0, 0.05) is 37.6 Å². The molecule has 0 unspecified atom stereocenters. The summed E-state index contributed by atoms with van der Waals surface area (Å²) in [7, 11) is 1.90. The molecule has 8 heteroatoms. The number of nitrogens with one attached hydrogen (secondary N) is 1. The normalized spacial score (nSPS) is 10.7. The average Bonchev–Trinajstić information content (AvgIpc) is 3.26. The molecule has 1 N–H and O–H groups in total. The molecule has 0 aliphatic carbocycles. The third kappa shape index (κ3) is 4.45. The van der Waals surface area contributed by atoms with Crippen LogP contribution in [-0.4, -0.2) is 36.6 Å². The summed E-state index contributed by atoms with van der Waals surface area (Å²) < 4.78 is 17.3. The molecule has 0 fully saturated rings. The van der Waals surface area contributed by atoms with E-state index in [2.05, 4.69) is 15.5 Å². The van der Waals surface area contributed by atoms with Crippen LogP contribution in [0.15, 0.2) is 48.8 Å². The molecular formula is C18H21FN6S. The first-order chi connectivity index (χ1) is 12.5. The molecule has 0 radical (unpaired) electrons. The fraction of sp³-hybridized carbons (Fsp3) is 0.278. The highest BCUT2D eigenvalue weighted by molar-refractivity contribution is 7.80. The maximum Gasteiger partial charge on any atom is 0.174 e. The van der Waals surface area contributed by atoms with Gasteiger partial charge in [-0.3, -0.25) is 9.36 Å². The molecule has 3 aromatic rings. The highest BCUT2D eigenvalue weighted by atomic mass is 32.1. The monoisotopic (exact) mass is 372 g/mol. The Labute approximate surface area is 157 Å². The van der Waals surface area contributed by atoms with E-state index < -0.39 is 0 Å². The van der Waals surface area contributed by atoms with Gasteiger partial charge in [0.2, 0.25) is 0 Å². The van der Waals surface area contributed by atoms with Crippen molar-refractivity contribution >= 4 is 23.1 Å². The molecule has 2 heterocycles. The average molecular weight is 372 g/mol. The maximum atomic E-state index is 13.7. The molecule has 0 aliphatic rings. The van der Waals surface area contributed by atoms with Crippen molar-refractivity contribution in [2.75, 3.05) is 12.4 Å². The maximum absolute atomic E-state index is 13.7. The van der Waals surface area contributed by atoms with Crippen molar-refractivity contribution in [3.05, 3.63) is 65.9 Å². The summed E-state index contributed by atoms with van der Waals surface area (Å²) in [5, 5.41) is 12.5. The minimum atomic E-state index is -0.237. The lowest BCUT2D eigenvalue weighted by Crippen LogP contribution is -2.31. The van der Waals surface area contributed by atoms with E-state index >= 15 is 0 Å². The summed E-state index contributed by atoms with van der Waals surface area (Å²) >= 11 is 5.42. The molecule has 0 saturated carbocycles. The molecule has 26 heavy (non-hydrogen) atoms. The van der Waals surface area contributed by atoms with Crippen molar-refractivity contribution in [3.63, 3.8) is 0 Å². The zero-order valence-electron chi connectivity index (χ0n) is 14.8. The molecule has 3 rings (SSSR count). The first kappa shape index (κ1) is 18.1. The van der Waals surface area contributed by atoms with Crippen LogP contribution in [0.4, 0.5) is 10.2 Å². The molecule has 136 valence electrons. The van der Waals surface area contributed by atoms with Crippen LogP contribution in [0.1, 0.15) is 18.2 Å². The van der Waals surface area contributed by atoms with Gasteiger partial charge in [-0.1, -0.05) is 18.2 Å². The van der Waals surface area contributed by atoms with Crippen molar-refractivity contribution in [2.45, 2.75) is 26.6 Å². The highest BCUT2D eigenvalue weighted by Gasteiger charge is 2.10. The molecule has 0 bridgehead atoms. The van der Waals surface area contributed by atoms with Crippen LogP contribution in [0.3, 0.4) is 0 Å². The van der Waals surface area contributed by atoms with Gasteiger partial charge >= 0.3 is 0 Å². The predicted octanol–water partition coefficient (Wildman–Crippen LogP) is 3.12. The second kappa shape index (κ2) is 8.09. The Morgan fingerprint density at radius 2 is 1.92 bits per heavy atom. The fourth-order valence-corrected chi connectivity index (χ4v) is 2.67. The second-order valence-corrected chi connectivity index (χ2v) is 6.33. The number of anilines is 1. The molecule has 0 amide bonds. The lowest BCUT2D eigenvalue weighted by atomic mass is 10.2. The number of halogens is 1. The molecule has 2 aromatic heterocycles. The van der Waals surface area contributed by atoms with Crippen LogP contribution >= 0.6 is 12.2 Å². The van der Waals surface area contributed by atoms with E-state index in [9.17, 15) is 4.39 Å². The number of hydrogen-bond donors (Lipinski definition) is 1. The van der Waals surface area contributed by atoms with Crippen LogP contribution in [0, 0.1) is 5.82 Å². The van der Waals surface area contributed by atoms with Gasteiger partial charge in [-0.15, -0.1) is 0 Å². The van der Waals surface area contributed by atoms with Gasteiger partial charge in [0.25, 0.3) is 0 Å². The Kier molecular flexibility index (Phi) is 5.62. The summed E-state index contributed by atoms with van der Waals surface area (Å²) in [5.41, 5.74) is 1.54. The number of benzene rings is 1. The molecule has 0 saturated heterocycles. The van der Waals surface area contributed by atoms with Crippen molar-refractivity contribution in [1.82, 2.24) is 24.5 Å². The van der Waals surface area contributed by atoms with Crippen molar-refractivity contribution < 1.29 is 4.39 Å². The number of hydrogen-bond acceptors (Lipinski definition) is 3. The SMILES string of the molecule is CCn1ccc(CN(C)C(=S)Nc2ccn(Cc3ccccc3F)n2)n1. The lowest BCUT2D eigenvalue weighted by molar-refractivity contribution is 0.491. The topological polar surface area (TPSA) is 50.9 Å². The van der Waals surface area contributed by atoms with Crippen molar-refractivity contribution in [3.8, 4) is 0 Å². The minimum Gasteiger partial charge on any atom is -0.346 e. The van der Waals surface area contributed by atoms with Crippen LogP contribution in [-0.2, 0) is 19.6 Å². The van der Waals surface area contributed by atoms with E-state index in [1.165, 1.54) is 6.07 Å². The van der Waals surface area contributed by atoms with E-state index in [0.29, 0.717) is 29.6 Å².